The van der Waals surface area contributed by atoms with Crippen LogP contribution in [0, 0.1) is 4.64 Å². The monoisotopic (exact) mass is 229 g/mol. The van der Waals surface area contributed by atoms with Crippen molar-refractivity contribution in [1.29, 1.82) is 0 Å². The van der Waals surface area contributed by atoms with Crippen LogP contribution in [0.1, 0.15) is 6.92 Å². The molecule has 1 aromatic heterocycles. The molecule has 0 aliphatic heterocycles. The number of nitrogens with zero attached hydrogens (tertiary/aromatic N) is 1. The van der Waals surface area contributed by atoms with Crippen LogP contribution in [0.3, 0.4) is 0 Å². The lowest BCUT2D eigenvalue weighted by Crippen LogP contribution is -2.10. The molecule has 0 saturated heterocycles. The summed E-state index contributed by atoms with van der Waals surface area (Å²) in [6, 6.07) is 3.22. The second-order valence-corrected chi connectivity index (χ2v) is 3.10. The Balaban J connectivity index is 2.48. The van der Waals surface area contributed by atoms with E-state index in [0.717, 1.165) is 4.73 Å². The van der Waals surface area contributed by atoms with E-state index in [9.17, 15) is 10.0 Å². The molecule has 0 spiro atoms. The molecule has 1 N–H and O–H groups in total. The van der Waals surface area contributed by atoms with Crippen molar-refractivity contribution in [2.24, 2.45) is 0 Å². The number of pyridine rings is 1. The SMILES string of the molecule is CC(=O)OCCOc1cccn(O)c1=S. The molecule has 1 rings (SSSR count). The fourth-order valence-electron chi connectivity index (χ4n) is 0.911. The van der Waals surface area contributed by atoms with Crippen molar-refractivity contribution in [2.45, 2.75) is 6.92 Å². The molecule has 0 aromatic carbocycles. The Morgan fingerprint density at radius 3 is 3.00 bits per heavy atom. The van der Waals surface area contributed by atoms with Crippen LogP contribution in [0.4, 0.5) is 0 Å². The molecule has 0 amide bonds. The molecule has 1 aromatic rings. The Bertz CT molecular complexity index is 401. The van der Waals surface area contributed by atoms with E-state index in [2.05, 4.69) is 4.74 Å². The van der Waals surface area contributed by atoms with Gasteiger partial charge in [0.15, 0.2) is 10.4 Å². The molecular weight excluding hydrogens is 218 g/mol. The minimum atomic E-state index is -0.359. The number of hydrogen-bond donors (Lipinski definition) is 1. The first-order valence-corrected chi connectivity index (χ1v) is 4.69. The molecule has 0 bridgehead atoms. The van der Waals surface area contributed by atoms with Gasteiger partial charge in [0.2, 0.25) is 0 Å². The molecule has 6 heteroatoms. The molecule has 0 saturated carbocycles. The lowest BCUT2D eigenvalue weighted by Gasteiger charge is -2.07. The topological polar surface area (TPSA) is 60.7 Å². The van der Waals surface area contributed by atoms with Crippen molar-refractivity contribution in [1.82, 2.24) is 4.73 Å². The van der Waals surface area contributed by atoms with Gasteiger partial charge in [0.05, 0.1) is 0 Å². The van der Waals surface area contributed by atoms with Crippen LogP contribution in [0.5, 0.6) is 5.75 Å². The summed E-state index contributed by atoms with van der Waals surface area (Å²) < 4.78 is 10.8. The van der Waals surface area contributed by atoms with E-state index < -0.39 is 0 Å². The van der Waals surface area contributed by atoms with Crippen molar-refractivity contribution in [2.75, 3.05) is 13.2 Å². The number of esters is 1. The molecule has 0 aliphatic carbocycles. The highest BCUT2D eigenvalue weighted by molar-refractivity contribution is 7.71. The van der Waals surface area contributed by atoms with Gasteiger partial charge in [-0.15, -0.1) is 0 Å². The van der Waals surface area contributed by atoms with Crippen LogP contribution in [-0.4, -0.2) is 29.1 Å². The molecule has 1 heterocycles. The van der Waals surface area contributed by atoms with E-state index in [0.29, 0.717) is 5.75 Å². The molecule has 0 atom stereocenters. The Labute approximate surface area is 91.8 Å². The van der Waals surface area contributed by atoms with Crippen LogP contribution in [-0.2, 0) is 9.53 Å². The molecule has 0 aliphatic rings. The third kappa shape index (κ3) is 3.59. The van der Waals surface area contributed by atoms with Crippen molar-refractivity contribution in [3.8, 4) is 5.75 Å². The number of ether oxygens (including phenoxy) is 2. The molecule has 0 fully saturated rings. The summed E-state index contributed by atoms with van der Waals surface area (Å²) in [4.78, 5) is 10.4. The van der Waals surface area contributed by atoms with Gasteiger partial charge >= 0.3 is 5.97 Å². The molecular formula is C9H11NO4S. The quantitative estimate of drug-likeness (QED) is 0.366. The average Bonchev–Trinajstić information content (AvgIpc) is 2.18. The van der Waals surface area contributed by atoms with Crippen LogP contribution in [0.25, 0.3) is 0 Å². The summed E-state index contributed by atoms with van der Waals surface area (Å²) in [5.74, 6) is 0.0182. The van der Waals surface area contributed by atoms with E-state index >= 15 is 0 Å². The normalized spacial score (nSPS) is 9.67. The van der Waals surface area contributed by atoms with Crippen LogP contribution in [0.2, 0.25) is 0 Å². The predicted molar refractivity (Wildman–Crippen MR) is 54.6 cm³/mol. The van der Waals surface area contributed by atoms with Gasteiger partial charge in [0.25, 0.3) is 0 Å². The average molecular weight is 229 g/mol. The Kier molecular flexibility index (Phi) is 4.11. The Morgan fingerprint density at radius 2 is 2.33 bits per heavy atom. The number of rotatable bonds is 4. The lowest BCUT2D eigenvalue weighted by molar-refractivity contribution is -0.141. The first kappa shape index (κ1) is 11.5. The lowest BCUT2D eigenvalue weighted by atomic mass is 10.5. The maximum Gasteiger partial charge on any atom is 0.302 e. The van der Waals surface area contributed by atoms with Crippen molar-refractivity contribution in [3.05, 3.63) is 23.0 Å². The number of hydrogen-bond acceptors (Lipinski definition) is 5. The third-order valence-corrected chi connectivity index (χ3v) is 1.93. The number of aromatic nitrogens is 1. The zero-order valence-electron chi connectivity index (χ0n) is 8.17. The third-order valence-electron chi connectivity index (χ3n) is 1.54. The summed E-state index contributed by atoms with van der Waals surface area (Å²) in [6.45, 7) is 1.68. The second kappa shape index (κ2) is 5.35. The first-order valence-electron chi connectivity index (χ1n) is 4.28. The van der Waals surface area contributed by atoms with E-state index in [-0.39, 0.29) is 23.8 Å². The van der Waals surface area contributed by atoms with E-state index in [1.165, 1.54) is 13.1 Å². The highest BCUT2D eigenvalue weighted by Gasteiger charge is 1.99. The van der Waals surface area contributed by atoms with Crippen molar-refractivity contribution in [3.63, 3.8) is 0 Å². The van der Waals surface area contributed by atoms with Crippen molar-refractivity contribution >= 4 is 18.2 Å². The van der Waals surface area contributed by atoms with Crippen LogP contribution < -0.4 is 4.74 Å². The standard InChI is InChI=1S/C9H11NO4S/c1-7(11)13-5-6-14-8-3-2-4-10(12)9(8)15/h2-4,12H,5-6H2,1H3. The van der Waals surface area contributed by atoms with Gasteiger partial charge in [-0.2, -0.15) is 4.73 Å². The highest BCUT2D eigenvalue weighted by Crippen LogP contribution is 2.11. The predicted octanol–water partition coefficient (Wildman–Crippen LogP) is 1.40. The maximum atomic E-state index is 10.4. The molecule has 82 valence electrons. The number of carbonyl (C=O) groups is 1. The van der Waals surface area contributed by atoms with Gasteiger partial charge in [-0.3, -0.25) is 4.79 Å². The largest absolute Gasteiger partial charge is 0.487 e. The van der Waals surface area contributed by atoms with Crippen LogP contribution in [0.15, 0.2) is 18.3 Å². The Hall–Kier alpha value is -1.56. The summed E-state index contributed by atoms with van der Waals surface area (Å²) in [7, 11) is 0. The minimum Gasteiger partial charge on any atom is -0.487 e. The van der Waals surface area contributed by atoms with Gasteiger partial charge in [0, 0.05) is 13.1 Å². The maximum absolute atomic E-state index is 10.4. The zero-order valence-corrected chi connectivity index (χ0v) is 8.99. The summed E-state index contributed by atoms with van der Waals surface area (Å²) in [6.07, 6.45) is 1.40. The van der Waals surface area contributed by atoms with E-state index in [1.807, 2.05) is 0 Å². The highest BCUT2D eigenvalue weighted by atomic mass is 32.1. The molecule has 5 nitrogen and oxygen atoms in total. The zero-order chi connectivity index (χ0) is 11.3. The van der Waals surface area contributed by atoms with E-state index in [4.69, 9.17) is 17.0 Å². The first-order chi connectivity index (χ1) is 7.11. The van der Waals surface area contributed by atoms with Gasteiger partial charge in [-0.25, -0.2) is 0 Å². The van der Waals surface area contributed by atoms with Gasteiger partial charge < -0.3 is 14.7 Å². The van der Waals surface area contributed by atoms with Gasteiger partial charge in [0.1, 0.15) is 13.2 Å². The fraction of sp³-hybridized carbons (Fsp3) is 0.333. The molecule has 0 unspecified atom stereocenters. The second-order valence-electron chi connectivity index (χ2n) is 2.71. The smallest absolute Gasteiger partial charge is 0.302 e. The minimum absolute atomic E-state index is 0.157. The molecule has 15 heavy (non-hydrogen) atoms. The number of carbonyl (C=O) groups excluding carboxylic acids is 1. The Morgan fingerprint density at radius 1 is 1.60 bits per heavy atom. The summed E-state index contributed by atoms with van der Waals surface area (Å²) in [5.41, 5.74) is 0. The van der Waals surface area contributed by atoms with Gasteiger partial charge in [-0.1, -0.05) is 12.2 Å². The molecule has 0 radical (unpaired) electrons. The summed E-state index contributed by atoms with van der Waals surface area (Å²) >= 11 is 4.87. The summed E-state index contributed by atoms with van der Waals surface area (Å²) in [5, 5.41) is 9.19. The van der Waals surface area contributed by atoms with Crippen LogP contribution >= 0.6 is 12.2 Å². The van der Waals surface area contributed by atoms with Gasteiger partial charge in [-0.05, 0) is 12.1 Å². The van der Waals surface area contributed by atoms with Crippen molar-refractivity contribution < 1.29 is 19.5 Å². The fourth-order valence-corrected chi connectivity index (χ4v) is 1.10. The van der Waals surface area contributed by atoms with E-state index in [1.54, 1.807) is 12.1 Å².